The van der Waals surface area contributed by atoms with Crippen LogP contribution in [0.2, 0.25) is 0 Å². The maximum atomic E-state index is 13.5. The van der Waals surface area contributed by atoms with Crippen molar-refractivity contribution in [2.75, 3.05) is 4.90 Å². The quantitative estimate of drug-likeness (QED) is 0.454. The monoisotopic (exact) mass is 478 g/mol. The van der Waals surface area contributed by atoms with E-state index in [2.05, 4.69) is 9.97 Å². The highest BCUT2D eigenvalue weighted by atomic mass is 32.2. The molecule has 1 aliphatic rings. The molecule has 3 N–H and O–H groups in total. The predicted molar refractivity (Wildman–Crippen MR) is 124 cm³/mol. The van der Waals surface area contributed by atoms with E-state index in [9.17, 15) is 18.3 Å². The summed E-state index contributed by atoms with van der Waals surface area (Å²) in [5.74, 6) is -0.535. The number of aliphatic hydroxyl groups is 1. The molecular formula is C23H18N4O4S2. The Labute approximate surface area is 194 Å². The third kappa shape index (κ3) is 3.62. The van der Waals surface area contributed by atoms with Crippen molar-refractivity contribution in [1.82, 2.24) is 9.97 Å². The van der Waals surface area contributed by atoms with Crippen LogP contribution in [0.1, 0.15) is 16.1 Å². The van der Waals surface area contributed by atoms with Crippen LogP contribution in [0.3, 0.4) is 0 Å². The van der Waals surface area contributed by atoms with Crippen molar-refractivity contribution in [2.45, 2.75) is 17.0 Å². The molecule has 2 aromatic carbocycles. The minimum Gasteiger partial charge on any atom is -0.372 e. The molecule has 1 aliphatic heterocycles. The Morgan fingerprint density at radius 1 is 1.03 bits per heavy atom. The van der Waals surface area contributed by atoms with Crippen LogP contribution >= 0.6 is 11.3 Å². The first kappa shape index (κ1) is 21.4. The van der Waals surface area contributed by atoms with Crippen molar-refractivity contribution >= 4 is 33.0 Å². The number of primary sulfonamides is 1. The van der Waals surface area contributed by atoms with Gasteiger partial charge in [0.05, 0.1) is 22.0 Å². The maximum Gasteiger partial charge on any atom is 0.268 e. The van der Waals surface area contributed by atoms with Gasteiger partial charge in [0, 0.05) is 24.2 Å². The third-order valence-electron chi connectivity index (χ3n) is 5.55. The Hall–Kier alpha value is -3.44. The Kier molecular flexibility index (Phi) is 5.09. The number of nitrogens with zero attached hydrogens (tertiary/aromatic N) is 3. The SMILES string of the molecule is NS(=O)(=O)c1ccc(C2(O)C(=O)N(Cc3ncc(-c4ccncc4)s3)c3ccccc32)cc1. The second-order valence-electron chi connectivity index (χ2n) is 7.54. The zero-order valence-electron chi connectivity index (χ0n) is 17.1. The van der Waals surface area contributed by atoms with Crippen molar-refractivity contribution in [1.29, 1.82) is 0 Å². The van der Waals surface area contributed by atoms with Crippen molar-refractivity contribution in [2.24, 2.45) is 5.14 Å². The number of anilines is 1. The smallest absolute Gasteiger partial charge is 0.268 e. The Bertz CT molecular complexity index is 1450. The van der Waals surface area contributed by atoms with Crippen LogP contribution in [0.5, 0.6) is 0 Å². The number of rotatable bonds is 5. The van der Waals surface area contributed by atoms with Gasteiger partial charge in [0.15, 0.2) is 5.60 Å². The number of pyridine rings is 1. The standard InChI is InChI=1S/C23H18N4O4S2/c24-33(30,31)17-7-5-16(6-8-17)23(29)18-3-1-2-4-19(18)27(22(23)28)14-21-26-13-20(32-21)15-9-11-25-12-10-15/h1-13,29H,14H2,(H2,24,30,31). The molecule has 10 heteroatoms. The fourth-order valence-electron chi connectivity index (χ4n) is 3.92. The summed E-state index contributed by atoms with van der Waals surface area (Å²) in [6.45, 7) is 0.184. The molecule has 1 unspecified atom stereocenters. The number of thiazole rings is 1. The molecule has 0 aliphatic carbocycles. The van der Waals surface area contributed by atoms with Gasteiger partial charge in [-0.2, -0.15) is 0 Å². The molecule has 1 atom stereocenters. The summed E-state index contributed by atoms with van der Waals surface area (Å²) in [4.78, 5) is 24.4. The first-order valence-corrected chi connectivity index (χ1v) is 12.3. The molecular weight excluding hydrogens is 460 g/mol. The zero-order valence-corrected chi connectivity index (χ0v) is 18.8. The number of sulfonamides is 1. The number of hydrogen-bond donors (Lipinski definition) is 2. The number of amides is 1. The van der Waals surface area contributed by atoms with Crippen molar-refractivity contribution in [3.8, 4) is 10.4 Å². The second kappa shape index (κ2) is 7.85. The van der Waals surface area contributed by atoms with E-state index in [0.29, 0.717) is 16.3 Å². The molecule has 1 amide bonds. The van der Waals surface area contributed by atoms with Crippen LogP contribution in [0.15, 0.2) is 84.1 Å². The molecule has 0 spiro atoms. The number of carbonyl (C=O) groups is 1. The summed E-state index contributed by atoms with van der Waals surface area (Å²) in [7, 11) is -3.90. The average Bonchev–Trinajstić information content (AvgIpc) is 3.38. The van der Waals surface area contributed by atoms with Crippen LogP contribution in [0, 0.1) is 0 Å². The third-order valence-corrected chi connectivity index (χ3v) is 7.51. The van der Waals surface area contributed by atoms with Gasteiger partial charge in [0.1, 0.15) is 5.01 Å². The number of nitrogens with two attached hydrogens (primary N) is 1. The fourth-order valence-corrected chi connectivity index (χ4v) is 5.35. The first-order valence-electron chi connectivity index (χ1n) is 9.91. The lowest BCUT2D eigenvalue weighted by atomic mass is 9.87. The molecule has 0 bridgehead atoms. The van der Waals surface area contributed by atoms with E-state index in [1.807, 2.05) is 12.1 Å². The molecule has 5 rings (SSSR count). The fraction of sp³-hybridized carbons (Fsp3) is 0.0870. The van der Waals surface area contributed by atoms with Gasteiger partial charge in [0.25, 0.3) is 5.91 Å². The highest BCUT2D eigenvalue weighted by Gasteiger charge is 2.51. The second-order valence-corrected chi connectivity index (χ2v) is 10.2. The van der Waals surface area contributed by atoms with E-state index in [0.717, 1.165) is 10.4 Å². The average molecular weight is 479 g/mol. The normalized spacial score (nSPS) is 17.9. The number of para-hydroxylation sites is 1. The Balaban J connectivity index is 1.51. The van der Waals surface area contributed by atoms with Crippen LogP contribution in [-0.4, -0.2) is 29.4 Å². The molecule has 8 nitrogen and oxygen atoms in total. The highest BCUT2D eigenvalue weighted by Crippen LogP contribution is 2.45. The van der Waals surface area contributed by atoms with E-state index in [-0.39, 0.29) is 17.0 Å². The van der Waals surface area contributed by atoms with E-state index in [1.54, 1.807) is 42.9 Å². The minimum absolute atomic E-state index is 0.100. The van der Waals surface area contributed by atoms with E-state index in [1.165, 1.54) is 40.5 Å². The van der Waals surface area contributed by atoms with Gasteiger partial charge in [-0.05, 0) is 41.5 Å². The summed E-state index contributed by atoms with van der Waals surface area (Å²) in [5, 5.41) is 17.5. The van der Waals surface area contributed by atoms with E-state index in [4.69, 9.17) is 5.14 Å². The number of fused-ring (bicyclic) bond motifs is 1. The summed E-state index contributed by atoms with van der Waals surface area (Å²) < 4.78 is 23.2. The van der Waals surface area contributed by atoms with Gasteiger partial charge in [-0.25, -0.2) is 18.5 Å². The van der Waals surface area contributed by atoms with Crippen LogP contribution in [0.4, 0.5) is 5.69 Å². The highest BCUT2D eigenvalue weighted by molar-refractivity contribution is 7.89. The summed E-state index contributed by atoms with van der Waals surface area (Å²) in [5.41, 5.74) is 0.267. The van der Waals surface area contributed by atoms with Gasteiger partial charge in [-0.3, -0.25) is 9.78 Å². The lowest BCUT2D eigenvalue weighted by molar-refractivity contribution is -0.132. The Morgan fingerprint density at radius 3 is 2.42 bits per heavy atom. The molecule has 2 aromatic heterocycles. The Morgan fingerprint density at radius 2 is 1.73 bits per heavy atom. The van der Waals surface area contributed by atoms with Gasteiger partial charge in [-0.1, -0.05) is 30.3 Å². The lowest BCUT2D eigenvalue weighted by Gasteiger charge is -2.23. The molecule has 0 saturated heterocycles. The summed E-state index contributed by atoms with van der Waals surface area (Å²) in [6.07, 6.45) is 5.16. The van der Waals surface area contributed by atoms with Gasteiger partial charge in [-0.15, -0.1) is 11.3 Å². The molecule has 4 aromatic rings. The minimum atomic E-state index is -3.90. The lowest BCUT2D eigenvalue weighted by Crippen LogP contribution is -2.40. The topological polar surface area (TPSA) is 126 Å². The molecule has 0 saturated carbocycles. The van der Waals surface area contributed by atoms with Crippen LogP contribution in [-0.2, 0) is 27.0 Å². The molecule has 166 valence electrons. The number of aromatic nitrogens is 2. The largest absolute Gasteiger partial charge is 0.372 e. The summed E-state index contributed by atoms with van der Waals surface area (Å²) in [6, 6.07) is 16.1. The molecule has 0 fully saturated rings. The van der Waals surface area contributed by atoms with Gasteiger partial charge in [0.2, 0.25) is 10.0 Å². The van der Waals surface area contributed by atoms with Crippen molar-refractivity contribution in [3.05, 3.63) is 95.4 Å². The van der Waals surface area contributed by atoms with Gasteiger partial charge < -0.3 is 10.0 Å². The number of benzene rings is 2. The summed E-state index contributed by atoms with van der Waals surface area (Å²) >= 11 is 1.46. The molecule has 33 heavy (non-hydrogen) atoms. The van der Waals surface area contributed by atoms with Gasteiger partial charge >= 0.3 is 0 Å². The number of hydrogen-bond acceptors (Lipinski definition) is 7. The van der Waals surface area contributed by atoms with Crippen molar-refractivity contribution < 1.29 is 18.3 Å². The molecule has 0 radical (unpaired) electrons. The van der Waals surface area contributed by atoms with Crippen LogP contribution < -0.4 is 10.0 Å². The first-order chi connectivity index (χ1) is 15.8. The van der Waals surface area contributed by atoms with Crippen molar-refractivity contribution in [3.63, 3.8) is 0 Å². The van der Waals surface area contributed by atoms with E-state index >= 15 is 0 Å². The van der Waals surface area contributed by atoms with Crippen LogP contribution in [0.25, 0.3) is 10.4 Å². The maximum absolute atomic E-state index is 13.5. The van der Waals surface area contributed by atoms with E-state index < -0.39 is 21.5 Å². The zero-order chi connectivity index (χ0) is 23.2. The predicted octanol–water partition coefficient (Wildman–Crippen LogP) is 2.64. The number of carbonyl (C=O) groups excluding carboxylic acids is 1. The molecule has 3 heterocycles.